The Morgan fingerprint density at radius 3 is 0.947 bits per heavy atom. The number of hydrogen-bond acceptors (Lipinski definition) is 8. The number of carbonyl (C=O) groups excluding carboxylic acids is 6. The average molecular weight is 314 g/mol. The van der Waals surface area contributed by atoms with Crippen LogP contribution in [-0.4, -0.2) is 35.1 Å². The third-order valence-corrected chi connectivity index (χ3v) is 1.27. The molecule has 0 aromatic rings. The van der Waals surface area contributed by atoms with Crippen LogP contribution < -0.4 is 10.2 Å². The largest absolute Gasteiger partial charge is 2.00 e. The molecule has 0 atom stereocenters. The van der Waals surface area contributed by atoms with Crippen LogP contribution in [0.1, 0.15) is 26.7 Å². The van der Waals surface area contributed by atoms with E-state index in [9.17, 15) is 39.0 Å². The molecule has 0 fully saturated rings. The molecular formula is C10H10FeO8. The van der Waals surface area contributed by atoms with Gasteiger partial charge in [-0.1, -0.05) is 0 Å². The summed E-state index contributed by atoms with van der Waals surface area (Å²) in [5.41, 5.74) is 0. The van der Waals surface area contributed by atoms with E-state index in [1.54, 1.807) is 0 Å². The van der Waals surface area contributed by atoms with Gasteiger partial charge in [-0.2, -0.15) is 0 Å². The molecule has 106 valence electrons. The van der Waals surface area contributed by atoms with Crippen LogP contribution in [0.15, 0.2) is 0 Å². The summed E-state index contributed by atoms with van der Waals surface area (Å²) in [5, 5.41) is 19.2. The van der Waals surface area contributed by atoms with Gasteiger partial charge >= 0.3 is 17.1 Å². The maximum absolute atomic E-state index is 10.1. The molecule has 0 spiro atoms. The Labute approximate surface area is 118 Å². The van der Waals surface area contributed by atoms with Gasteiger partial charge in [0.2, 0.25) is 0 Å². The maximum atomic E-state index is 10.1. The van der Waals surface area contributed by atoms with Crippen LogP contribution in [-0.2, 0) is 45.8 Å². The minimum atomic E-state index is -1.80. The van der Waals surface area contributed by atoms with Crippen molar-refractivity contribution in [2.75, 3.05) is 0 Å². The minimum absolute atomic E-state index is 0. The number of carboxylic acids is 2. The molecule has 0 aliphatic carbocycles. The van der Waals surface area contributed by atoms with Crippen molar-refractivity contribution >= 4 is 35.1 Å². The van der Waals surface area contributed by atoms with Gasteiger partial charge in [-0.25, -0.2) is 0 Å². The molecule has 0 heterocycles. The summed E-state index contributed by atoms with van der Waals surface area (Å²) in [5.74, 6) is -6.87. The van der Waals surface area contributed by atoms with Crippen LogP contribution in [0.5, 0.6) is 0 Å². The van der Waals surface area contributed by atoms with E-state index in [1.165, 1.54) is 0 Å². The van der Waals surface area contributed by atoms with Crippen molar-refractivity contribution in [1.29, 1.82) is 0 Å². The Morgan fingerprint density at radius 2 is 0.895 bits per heavy atom. The number of rotatable bonds is 6. The van der Waals surface area contributed by atoms with E-state index in [4.69, 9.17) is 0 Å². The monoisotopic (exact) mass is 314 g/mol. The topological polar surface area (TPSA) is 149 Å². The summed E-state index contributed by atoms with van der Waals surface area (Å²) in [4.78, 5) is 59.5. The quantitative estimate of drug-likeness (QED) is 0.279. The molecule has 0 aromatic heterocycles. The molecule has 0 bridgehead atoms. The van der Waals surface area contributed by atoms with Gasteiger partial charge in [0.1, 0.15) is 23.5 Å². The third kappa shape index (κ3) is 16.1. The fourth-order valence-corrected chi connectivity index (χ4v) is 0.597. The first-order chi connectivity index (χ1) is 8.07. The molecule has 0 unspecified atom stereocenters. The van der Waals surface area contributed by atoms with E-state index in [2.05, 4.69) is 0 Å². The van der Waals surface area contributed by atoms with E-state index in [0.717, 1.165) is 13.8 Å². The Bertz CT molecular complexity index is 360. The van der Waals surface area contributed by atoms with Gasteiger partial charge < -0.3 is 19.8 Å². The molecular weight excluding hydrogens is 304 g/mol. The Hall–Kier alpha value is -1.86. The summed E-state index contributed by atoms with van der Waals surface area (Å²) >= 11 is 0. The standard InChI is InChI=1S/2C5H6O4.Fe/c2*1-3(6)2-4(7)5(8)9;/h2*2H2,1H3,(H,8,9);/q;;+2/p-2. The zero-order valence-electron chi connectivity index (χ0n) is 10.0. The van der Waals surface area contributed by atoms with Gasteiger partial charge in [-0.3, -0.25) is 19.2 Å². The SMILES string of the molecule is CC(=O)CC(=O)C(=O)[O-].CC(=O)CC(=O)C(=O)[O-].[Fe+2]. The summed E-state index contributed by atoms with van der Waals surface area (Å²) < 4.78 is 0. The van der Waals surface area contributed by atoms with Crippen molar-refractivity contribution in [2.45, 2.75) is 26.7 Å². The fraction of sp³-hybridized carbons (Fsp3) is 0.400. The molecule has 0 aliphatic rings. The van der Waals surface area contributed by atoms with E-state index in [0.29, 0.717) is 0 Å². The van der Waals surface area contributed by atoms with Crippen LogP contribution in [0.3, 0.4) is 0 Å². The molecule has 19 heavy (non-hydrogen) atoms. The third-order valence-electron chi connectivity index (χ3n) is 1.27. The van der Waals surface area contributed by atoms with Gasteiger partial charge in [0.15, 0.2) is 11.6 Å². The Kier molecular flexibility index (Phi) is 13.2. The zero-order chi connectivity index (χ0) is 14.9. The predicted octanol–water partition coefficient (Wildman–Crippen LogP) is -3.43. The number of aliphatic carboxylic acids is 2. The minimum Gasteiger partial charge on any atom is -0.542 e. The molecule has 0 rings (SSSR count). The summed E-state index contributed by atoms with van der Waals surface area (Å²) in [6.45, 7) is 2.28. The van der Waals surface area contributed by atoms with Crippen LogP contribution in [0.2, 0.25) is 0 Å². The normalized spacial score (nSPS) is 8.11. The van der Waals surface area contributed by atoms with Crippen molar-refractivity contribution in [3.05, 3.63) is 0 Å². The van der Waals surface area contributed by atoms with E-state index >= 15 is 0 Å². The first-order valence-electron chi connectivity index (χ1n) is 4.55. The molecule has 8 nitrogen and oxygen atoms in total. The van der Waals surface area contributed by atoms with Crippen molar-refractivity contribution < 1.29 is 56.0 Å². The number of carbonyl (C=O) groups is 6. The first-order valence-corrected chi connectivity index (χ1v) is 4.55. The van der Waals surface area contributed by atoms with E-state index < -0.39 is 47.9 Å². The number of carboxylic acid groups (broad SMARTS) is 2. The van der Waals surface area contributed by atoms with Crippen LogP contribution in [0.25, 0.3) is 0 Å². The summed E-state index contributed by atoms with van der Waals surface area (Å²) in [6, 6.07) is 0. The predicted molar refractivity (Wildman–Crippen MR) is 50.6 cm³/mol. The Balaban J connectivity index is -0.000000256. The van der Waals surface area contributed by atoms with Crippen molar-refractivity contribution in [3.63, 3.8) is 0 Å². The molecule has 0 amide bonds. The van der Waals surface area contributed by atoms with Crippen molar-refractivity contribution in [2.24, 2.45) is 0 Å². The molecule has 0 radical (unpaired) electrons. The van der Waals surface area contributed by atoms with Crippen LogP contribution in [0, 0.1) is 0 Å². The maximum Gasteiger partial charge on any atom is 2.00 e. The molecule has 0 saturated carbocycles. The van der Waals surface area contributed by atoms with Crippen molar-refractivity contribution in [3.8, 4) is 0 Å². The smallest absolute Gasteiger partial charge is 0.542 e. The molecule has 0 N–H and O–H groups in total. The Morgan fingerprint density at radius 1 is 0.684 bits per heavy atom. The average Bonchev–Trinajstić information content (AvgIpc) is 2.16. The van der Waals surface area contributed by atoms with Crippen molar-refractivity contribution in [1.82, 2.24) is 0 Å². The first kappa shape index (κ1) is 22.3. The van der Waals surface area contributed by atoms with Crippen LogP contribution in [0.4, 0.5) is 0 Å². The molecule has 0 aromatic carbocycles. The van der Waals surface area contributed by atoms with Gasteiger partial charge in [0.25, 0.3) is 0 Å². The summed E-state index contributed by atoms with van der Waals surface area (Å²) in [7, 11) is 0. The zero-order valence-corrected chi connectivity index (χ0v) is 11.1. The van der Waals surface area contributed by atoms with Gasteiger partial charge in [-0.05, 0) is 13.8 Å². The number of Topliss-reactive ketones (excluding diaryl/α,β-unsaturated/α-hetero) is 4. The van der Waals surface area contributed by atoms with Gasteiger partial charge in [0, 0.05) is 0 Å². The van der Waals surface area contributed by atoms with Gasteiger partial charge in [-0.15, -0.1) is 0 Å². The summed E-state index contributed by atoms with van der Waals surface area (Å²) in [6.07, 6.45) is -1.13. The van der Waals surface area contributed by atoms with Crippen LogP contribution >= 0.6 is 0 Å². The van der Waals surface area contributed by atoms with E-state index in [1.807, 2.05) is 0 Å². The second kappa shape index (κ2) is 11.2. The number of hydrogen-bond donors (Lipinski definition) is 0. The molecule has 9 heteroatoms. The molecule has 0 saturated heterocycles. The second-order valence-electron chi connectivity index (χ2n) is 3.18. The van der Waals surface area contributed by atoms with Gasteiger partial charge in [0.05, 0.1) is 12.8 Å². The molecule has 0 aliphatic heterocycles. The van der Waals surface area contributed by atoms with E-state index in [-0.39, 0.29) is 17.1 Å². The number of ketones is 4. The second-order valence-corrected chi connectivity index (χ2v) is 3.18. The fourth-order valence-electron chi connectivity index (χ4n) is 0.597.